The van der Waals surface area contributed by atoms with E-state index in [4.69, 9.17) is 5.73 Å². The van der Waals surface area contributed by atoms with E-state index < -0.39 is 0 Å². The van der Waals surface area contributed by atoms with Crippen molar-refractivity contribution in [2.75, 3.05) is 5.73 Å². The van der Waals surface area contributed by atoms with Gasteiger partial charge in [-0.05, 0) is 12.1 Å². The van der Waals surface area contributed by atoms with Gasteiger partial charge in [0, 0.05) is 12.4 Å². The number of rotatable bonds is 1. The van der Waals surface area contributed by atoms with Gasteiger partial charge < -0.3 is 5.73 Å². The van der Waals surface area contributed by atoms with Crippen LogP contribution in [0.5, 0.6) is 0 Å². The van der Waals surface area contributed by atoms with Crippen molar-refractivity contribution in [1.82, 2.24) is 14.8 Å². The van der Waals surface area contributed by atoms with Gasteiger partial charge >= 0.3 is 0 Å². The number of nitrogens with two attached hydrogens (primary N) is 1. The normalized spacial score (nSPS) is 10.9. The average molecular weight is 224 g/mol. The maximum atomic E-state index is 5.89. The fourth-order valence-corrected chi connectivity index (χ4v) is 1.97. The highest BCUT2D eigenvalue weighted by Crippen LogP contribution is 2.24. The zero-order valence-corrected chi connectivity index (χ0v) is 9.46. The van der Waals surface area contributed by atoms with Gasteiger partial charge in [-0.25, -0.2) is 4.98 Å². The number of para-hydroxylation sites is 1. The Morgan fingerprint density at radius 2 is 1.94 bits per heavy atom. The van der Waals surface area contributed by atoms with E-state index >= 15 is 0 Å². The van der Waals surface area contributed by atoms with Crippen molar-refractivity contribution in [3.63, 3.8) is 0 Å². The van der Waals surface area contributed by atoms with Crippen molar-refractivity contribution in [3.05, 3.63) is 42.6 Å². The van der Waals surface area contributed by atoms with E-state index in [0.717, 1.165) is 22.3 Å². The molecule has 0 spiro atoms. The molecule has 4 nitrogen and oxygen atoms in total. The van der Waals surface area contributed by atoms with Crippen LogP contribution in [-0.2, 0) is 7.05 Å². The van der Waals surface area contributed by atoms with Crippen LogP contribution in [0.25, 0.3) is 22.3 Å². The van der Waals surface area contributed by atoms with Gasteiger partial charge in [0.15, 0.2) is 0 Å². The molecular formula is C13H12N4. The van der Waals surface area contributed by atoms with Crippen molar-refractivity contribution in [2.45, 2.75) is 0 Å². The molecule has 2 heterocycles. The maximum absolute atomic E-state index is 5.89. The minimum Gasteiger partial charge on any atom is -0.396 e. The van der Waals surface area contributed by atoms with Crippen LogP contribution in [0.2, 0.25) is 0 Å². The van der Waals surface area contributed by atoms with Crippen LogP contribution >= 0.6 is 0 Å². The summed E-state index contributed by atoms with van der Waals surface area (Å²) in [5, 5.41) is 5.25. The molecule has 0 unspecified atom stereocenters. The molecule has 0 amide bonds. The van der Waals surface area contributed by atoms with E-state index in [9.17, 15) is 0 Å². The summed E-state index contributed by atoms with van der Waals surface area (Å²) >= 11 is 0. The topological polar surface area (TPSA) is 56.7 Å². The predicted octanol–water partition coefficient (Wildman–Crippen LogP) is 2.22. The first kappa shape index (κ1) is 9.84. The van der Waals surface area contributed by atoms with Gasteiger partial charge in [-0.1, -0.05) is 24.3 Å². The number of hydrogen-bond donors (Lipinski definition) is 1. The lowest BCUT2D eigenvalue weighted by Gasteiger charge is -2.04. The third-order valence-corrected chi connectivity index (χ3v) is 2.81. The molecule has 2 N–H and O–H groups in total. The largest absolute Gasteiger partial charge is 0.396 e. The zero-order valence-electron chi connectivity index (χ0n) is 9.46. The number of fused-ring (bicyclic) bond motifs is 1. The molecule has 2 aromatic heterocycles. The van der Waals surface area contributed by atoms with E-state index in [1.165, 1.54) is 0 Å². The smallest absolute Gasteiger partial charge is 0.109 e. The second-order valence-electron chi connectivity index (χ2n) is 3.96. The van der Waals surface area contributed by atoms with Gasteiger partial charge in [-0.2, -0.15) is 5.10 Å². The highest BCUT2D eigenvalue weighted by molar-refractivity contribution is 5.82. The van der Waals surface area contributed by atoms with Crippen LogP contribution in [0.4, 0.5) is 5.69 Å². The molecule has 0 radical (unpaired) electrons. The highest BCUT2D eigenvalue weighted by Gasteiger charge is 2.09. The van der Waals surface area contributed by atoms with Gasteiger partial charge in [-0.15, -0.1) is 0 Å². The van der Waals surface area contributed by atoms with E-state index in [1.807, 2.05) is 43.4 Å². The molecule has 0 fully saturated rings. The van der Waals surface area contributed by atoms with Gasteiger partial charge in [0.2, 0.25) is 0 Å². The monoisotopic (exact) mass is 224 g/mol. The van der Waals surface area contributed by atoms with Crippen molar-refractivity contribution in [3.8, 4) is 11.4 Å². The van der Waals surface area contributed by atoms with Gasteiger partial charge in [0.1, 0.15) is 5.69 Å². The first-order chi connectivity index (χ1) is 8.25. The summed E-state index contributed by atoms with van der Waals surface area (Å²) in [6.45, 7) is 0. The third kappa shape index (κ3) is 1.54. The number of nitrogen functional groups attached to an aromatic ring is 1. The van der Waals surface area contributed by atoms with Crippen LogP contribution in [0.1, 0.15) is 0 Å². The Hall–Kier alpha value is -2.36. The fraction of sp³-hybridized carbons (Fsp3) is 0.0769. The molecular weight excluding hydrogens is 212 g/mol. The minimum absolute atomic E-state index is 0.648. The van der Waals surface area contributed by atoms with E-state index in [-0.39, 0.29) is 0 Å². The van der Waals surface area contributed by atoms with Crippen molar-refractivity contribution < 1.29 is 0 Å². The quantitative estimate of drug-likeness (QED) is 0.689. The van der Waals surface area contributed by atoms with Crippen molar-refractivity contribution in [2.24, 2.45) is 7.05 Å². The summed E-state index contributed by atoms with van der Waals surface area (Å²) in [6.07, 6.45) is 1.65. The average Bonchev–Trinajstić information content (AvgIpc) is 2.68. The summed E-state index contributed by atoms with van der Waals surface area (Å²) in [5.74, 6) is 0. The molecule has 0 aliphatic carbocycles. The van der Waals surface area contributed by atoms with Crippen LogP contribution < -0.4 is 5.73 Å². The molecule has 0 saturated heterocycles. The number of hydrogen-bond acceptors (Lipinski definition) is 3. The molecule has 0 atom stereocenters. The summed E-state index contributed by atoms with van der Waals surface area (Å²) < 4.78 is 1.74. The first-order valence-electron chi connectivity index (χ1n) is 5.39. The standard InChI is InChI=1S/C13H12N4/c1-17-13(10(14)8-15-17)12-7-6-9-4-2-3-5-11(9)16-12/h2-8H,14H2,1H3. The zero-order chi connectivity index (χ0) is 11.8. The van der Waals surface area contributed by atoms with Gasteiger partial charge in [0.05, 0.1) is 23.1 Å². The molecule has 3 aromatic rings. The fourth-order valence-electron chi connectivity index (χ4n) is 1.97. The third-order valence-electron chi connectivity index (χ3n) is 2.81. The summed E-state index contributed by atoms with van der Waals surface area (Å²) in [7, 11) is 1.86. The number of aryl methyl sites for hydroxylation is 1. The Morgan fingerprint density at radius 1 is 1.12 bits per heavy atom. The SMILES string of the molecule is Cn1ncc(N)c1-c1ccc2ccccc2n1. The summed E-state index contributed by atoms with van der Waals surface area (Å²) in [6, 6.07) is 12.0. The van der Waals surface area contributed by atoms with E-state index in [1.54, 1.807) is 10.9 Å². The van der Waals surface area contributed by atoms with Crippen LogP contribution in [-0.4, -0.2) is 14.8 Å². The Labute approximate surface area is 98.7 Å². The second-order valence-corrected chi connectivity index (χ2v) is 3.96. The van der Waals surface area contributed by atoms with Crippen molar-refractivity contribution >= 4 is 16.6 Å². The molecule has 0 bridgehead atoms. The molecule has 0 aliphatic heterocycles. The number of benzene rings is 1. The maximum Gasteiger partial charge on any atom is 0.109 e. The van der Waals surface area contributed by atoms with Crippen LogP contribution in [0.3, 0.4) is 0 Å². The molecule has 1 aromatic carbocycles. The van der Waals surface area contributed by atoms with E-state index in [2.05, 4.69) is 10.1 Å². The lowest BCUT2D eigenvalue weighted by atomic mass is 10.1. The summed E-state index contributed by atoms with van der Waals surface area (Å²) in [5.41, 5.74) is 9.21. The first-order valence-corrected chi connectivity index (χ1v) is 5.39. The number of anilines is 1. The molecule has 17 heavy (non-hydrogen) atoms. The second kappa shape index (κ2) is 3.59. The number of pyridine rings is 1. The Bertz CT molecular complexity index is 665. The van der Waals surface area contributed by atoms with E-state index in [0.29, 0.717) is 5.69 Å². The summed E-state index contributed by atoms with van der Waals surface area (Å²) in [4.78, 5) is 4.60. The Kier molecular flexibility index (Phi) is 2.08. The van der Waals surface area contributed by atoms with Gasteiger partial charge in [-0.3, -0.25) is 4.68 Å². The lowest BCUT2D eigenvalue weighted by Crippen LogP contribution is -1.97. The van der Waals surface area contributed by atoms with Crippen molar-refractivity contribution in [1.29, 1.82) is 0 Å². The molecule has 0 aliphatic rings. The Balaban J connectivity index is 2.25. The number of aromatic nitrogens is 3. The van der Waals surface area contributed by atoms with Gasteiger partial charge in [0.25, 0.3) is 0 Å². The molecule has 4 heteroatoms. The lowest BCUT2D eigenvalue weighted by molar-refractivity contribution is 0.774. The van der Waals surface area contributed by atoms with Crippen LogP contribution in [0.15, 0.2) is 42.6 Å². The molecule has 84 valence electrons. The minimum atomic E-state index is 0.648. The highest BCUT2D eigenvalue weighted by atomic mass is 15.3. The molecule has 0 saturated carbocycles. The molecule has 3 rings (SSSR count). The van der Waals surface area contributed by atoms with Crippen LogP contribution in [0, 0.1) is 0 Å². The number of nitrogens with zero attached hydrogens (tertiary/aromatic N) is 3. The Morgan fingerprint density at radius 3 is 2.71 bits per heavy atom. The predicted molar refractivity (Wildman–Crippen MR) is 68.4 cm³/mol.